The number of rotatable bonds is 4. The molecular formula is C15H14ClFN2O. The first kappa shape index (κ1) is 14.3. The summed E-state index contributed by atoms with van der Waals surface area (Å²) in [5.74, 6) is -0.488. The van der Waals surface area contributed by atoms with Crippen molar-refractivity contribution in [3.05, 3.63) is 64.4 Å². The van der Waals surface area contributed by atoms with Crippen molar-refractivity contribution in [1.82, 2.24) is 5.32 Å². The fourth-order valence-corrected chi connectivity index (χ4v) is 2.05. The standard InChI is InChI=1S/C15H14ClFN2O/c1-18-15(20)11-2-4-14(5-3-11)19-9-10-6-12(16)8-13(17)7-10/h2-8,19H,9H2,1H3,(H,18,20). The average molecular weight is 293 g/mol. The molecule has 0 saturated heterocycles. The SMILES string of the molecule is CNC(=O)c1ccc(NCc2cc(F)cc(Cl)c2)cc1. The van der Waals surface area contributed by atoms with Gasteiger partial charge in [-0.05, 0) is 48.0 Å². The summed E-state index contributed by atoms with van der Waals surface area (Å²) in [4.78, 5) is 11.4. The third-order valence-electron chi connectivity index (χ3n) is 2.79. The molecule has 0 heterocycles. The van der Waals surface area contributed by atoms with Crippen molar-refractivity contribution in [2.24, 2.45) is 0 Å². The van der Waals surface area contributed by atoms with Gasteiger partial charge in [-0.25, -0.2) is 4.39 Å². The minimum Gasteiger partial charge on any atom is -0.381 e. The molecule has 2 rings (SSSR count). The Morgan fingerprint density at radius 3 is 2.50 bits per heavy atom. The molecule has 0 aliphatic heterocycles. The molecule has 0 atom stereocenters. The summed E-state index contributed by atoms with van der Waals surface area (Å²) in [7, 11) is 1.59. The van der Waals surface area contributed by atoms with Gasteiger partial charge in [0.15, 0.2) is 0 Å². The lowest BCUT2D eigenvalue weighted by Gasteiger charge is -2.08. The van der Waals surface area contributed by atoms with E-state index in [1.807, 2.05) is 0 Å². The number of carbonyl (C=O) groups excluding carboxylic acids is 1. The zero-order valence-corrected chi connectivity index (χ0v) is 11.7. The van der Waals surface area contributed by atoms with Crippen LogP contribution in [0.2, 0.25) is 5.02 Å². The van der Waals surface area contributed by atoms with Gasteiger partial charge in [0.2, 0.25) is 0 Å². The monoisotopic (exact) mass is 292 g/mol. The van der Waals surface area contributed by atoms with E-state index in [9.17, 15) is 9.18 Å². The van der Waals surface area contributed by atoms with E-state index >= 15 is 0 Å². The Kier molecular flexibility index (Phi) is 4.58. The van der Waals surface area contributed by atoms with E-state index in [1.54, 1.807) is 37.4 Å². The Morgan fingerprint density at radius 1 is 1.20 bits per heavy atom. The topological polar surface area (TPSA) is 41.1 Å². The molecule has 0 saturated carbocycles. The van der Waals surface area contributed by atoms with Crippen LogP contribution in [0.5, 0.6) is 0 Å². The normalized spacial score (nSPS) is 10.2. The number of amides is 1. The molecular weight excluding hydrogens is 279 g/mol. The maximum Gasteiger partial charge on any atom is 0.251 e. The molecule has 0 radical (unpaired) electrons. The number of anilines is 1. The average Bonchev–Trinajstić information content (AvgIpc) is 2.44. The molecule has 2 N–H and O–H groups in total. The van der Waals surface area contributed by atoms with Crippen LogP contribution < -0.4 is 10.6 Å². The Bertz CT molecular complexity index is 594. The van der Waals surface area contributed by atoms with E-state index in [4.69, 9.17) is 11.6 Å². The van der Waals surface area contributed by atoms with E-state index in [2.05, 4.69) is 10.6 Å². The number of benzene rings is 2. The maximum absolute atomic E-state index is 13.2. The van der Waals surface area contributed by atoms with E-state index in [0.29, 0.717) is 17.1 Å². The highest BCUT2D eigenvalue weighted by molar-refractivity contribution is 6.30. The van der Waals surface area contributed by atoms with Gasteiger partial charge in [-0.3, -0.25) is 4.79 Å². The molecule has 0 fully saturated rings. The molecule has 2 aromatic rings. The number of hydrogen-bond acceptors (Lipinski definition) is 2. The summed E-state index contributed by atoms with van der Waals surface area (Å²) in [6.45, 7) is 0.455. The minimum absolute atomic E-state index is 0.131. The highest BCUT2D eigenvalue weighted by Gasteiger charge is 2.03. The van der Waals surface area contributed by atoms with Gasteiger partial charge in [-0.1, -0.05) is 11.6 Å². The van der Waals surface area contributed by atoms with Gasteiger partial charge in [0.05, 0.1) is 0 Å². The molecule has 1 amide bonds. The van der Waals surface area contributed by atoms with E-state index in [-0.39, 0.29) is 11.7 Å². The molecule has 0 aromatic heterocycles. The molecule has 0 unspecified atom stereocenters. The van der Waals surface area contributed by atoms with Crippen molar-refractivity contribution < 1.29 is 9.18 Å². The van der Waals surface area contributed by atoms with Crippen molar-refractivity contribution in [1.29, 1.82) is 0 Å². The first-order chi connectivity index (χ1) is 9.58. The Balaban J connectivity index is 2.02. The van der Waals surface area contributed by atoms with Gasteiger partial charge in [-0.2, -0.15) is 0 Å². The van der Waals surface area contributed by atoms with E-state index in [0.717, 1.165) is 11.3 Å². The molecule has 0 spiro atoms. The largest absolute Gasteiger partial charge is 0.381 e. The van der Waals surface area contributed by atoms with Gasteiger partial charge < -0.3 is 10.6 Å². The van der Waals surface area contributed by atoms with Gasteiger partial charge >= 0.3 is 0 Å². The van der Waals surface area contributed by atoms with Gasteiger partial charge in [0, 0.05) is 29.9 Å². The molecule has 5 heteroatoms. The molecule has 2 aromatic carbocycles. The van der Waals surface area contributed by atoms with E-state index in [1.165, 1.54) is 12.1 Å². The quantitative estimate of drug-likeness (QED) is 0.906. The summed E-state index contributed by atoms with van der Waals surface area (Å²) < 4.78 is 13.2. The number of carbonyl (C=O) groups is 1. The van der Waals surface area contributed by atoms with Crippen LogP contribution in [0.4, 0.5) is 10.1 Å². The lowest BCUT2D eigenvalue weighted by molar-refractivity contribution is 0.0963. The van der Waals surface area contributed by atoms with Crippen LogP contribution in [0.3, 0.4) is 0 Å². The fourth-order valence-electron chi connectivity index (χ4n) is 1.80. The van der Waals surface area contributed by atoms with Crippen LogP contribution in [-0.2, 0) is 6.54 Å². The summed E-state index contributed by atoms with van der Waals surface area (Å²) in [5.41, 5.74) is 2.19. The van der Waals surface area contributed by atoms with Crippen molar-refractivity contribution in [2.45, 2.75) is 6.54 Å². The van der Waals surface area contributed by atoms with Crippen LogP contribution >= 0.6 is 11.6 Å². The summed E-state index contributed by atoms with van der Waals surface area (Å²) in [6.07, 6.45) is 0. The Morgan fingerprint density at radius 2 is 1.90 bits per heavy atom. The van der Waals surface area contributed by atoms with Gasteiger partial charge in [0.1, 0.15) is 5.82 Å². The first-order valence-corrected chi connectivity index (χ1v) is 6.47. The zero-order valence-electron chi connectivity index (χ0n) is 10.9. The number of halogens is 2. The van der Waals surface area contributed by atoms with E-state index < -0.39 is 0 Å². The number of nitrogens with one attached hydrogen (secondary N) is 2. The minimum atomic E-state index is -0.357. The predicted octanol–water partition coefficient (Wildman–Crippen LogP) is 3.45. The van der Waals surface area contributed by atoms with Crippen LogP contribution in [0.25, 0.3) is 0 Å². The first-order valence-electron chi connectivity index (χ1n) is 6.09. The maximum atomic E-state index is 13.2. The third kappa shape index (κ3) is 3.71. The van der Waals surface area contributed by atoms with Crippen molar-refractivity contribution in [3.8, 4) is 0 Å². The van der Waals surface area contributed by atoms with Crippen molar-refractivity contribution >= 4 is 23.2 Å². The van der Waals surface area contributed by atoms with Crippen LogP contribution in [0, 0.1) is 5.82 Å². The predicted molar refractivity (Wildman–Crippen MR) is 78.6 cm³/mol. The molecule has 3 nitrogen and oxygen atoms in total. The van der Waals surface area contributed by atoms with Crippen LogP contribution in [0.1, 0.15) is 15.9 Å². The lowest BCUT2D eigenvalue weighted by atomic mass is 10.2. The summed E-state index contributed by atoms with van der Waals surface area (Å²) in [6, 6.07) is 11.4. The molecule has 20 heavy (non-hydrogen) atoms. The molecule has 0 aliphatic carbocycles. The van der Waals surface area contributed by atoms with Crippen molar-refractivity contribution in [2.75, 3.05) is 12.4 Å². The highest BCUT2D eigenvalue weighted by atomic mass is 35.5. The summed E-state index contributed by atoms with van der Waals surface area (Å²) in [5, 5.41) is 6.07. The second-order valence-corrected chi connectivity index (χ2v) is 4.72. The zero-order chi connectivity index (χ0) is 14.5. The smallest absolute Gasteiger partial charge is 0.251 e. The van der Waals surface area contributed by atoms with Gasteiger partial charge in [0.25, 0.3) is 5.91 Å². The van der Waals surface area contributed by atoms with Crippen LogP contribution in [0.15, 0.2) is 42.5 Å². The lowest BCUT2D eigenvalue weighted by Crippen LogP contribution is -2.17. The molecule has 0 aliphatic rings. The molecule has 0 bridgehead atoms. The highest BCUT2D eigenvalue weighted by Crippen LogP contribution is 2.16. The summed E-state index contributed by atoms with van der Waals surface area (Å²) >= 11 is 5.79. The molecule has 104 valence electrons. The van der Waals surface area contributed by atoms with Crippen molar-refractivity contribution in [3.63, 3.8) is 0 Å². The second-order valence-electron chi connectivity index (χ2n) is 4.29. The third-order valence-corrected chi connectivity index (χ3v) is 3.01. The Labute approximate surface area is 121 Å². The second kappa shape index (κ2) is 6.39. The van der Waals surface area contributed by atoms with Crippen LogP contribution in [-0.4, -0.2) is 13.0 Å². The Hall–Kier alpha value is -2.07. The van der Waals surface area contributed by atoms with Gasteiger partial charge in [-0.15, -0.1) is 0 Å². The fraction of sp³-hybridized carbons (Fsp3) is 0.133. The number of hydrogen-bond donors (Lipinski definition) is 2.